The van der Waals surface area contributed by atoms with Crippen molar-refractivity contribution in [2.45, 2.75) is 0 Å². The number of benzene rings is 4. The van der Waals surface area contributed by atoms with E-state index in [0.717, 1.165) is 33.3 Å². The molecule has 4 aromatic rings. The van der Waals surface area contributed by atoms with E-state index < -0.39 is 0 Å². The lowest BCUT2D eigenvalue weighted by Crippen LogP contribution is -1.81. The molecule has 0 spiro atoms. The van der Waals surface area contributed by atoms with Gasteiger partial charge in [0.05, 0.1) is 11.4 Å². The Morgan fingerprint density at radius 2 is 0.846 bits per heavy atom. The summed E-state index contributed by atoms with van der Waals surface area (Å²) in [6.07, 6.45) is 3.80. The van der Waals surface area contributed by atoms with E-state index in [0.29, 0.717) is 0 Å². The fourth-order valence-corrected chi connectivity index (χ4v) is 2.87. The summed E-state index contributed by atoms with van der Waals surface area (Å²) in [7, 11) is 0. The molecule has 0 aliphatic rings. The van der Waals surface area contributed by atoms with Gasteiger partial charge in [0.15, 0.2) is 0 Å². The first-order chi connectivity index (χ1) is 12.9. The van der Waals surface area contributed by atoms with Crippen LogP contribution in [-0.4, -0.2) is 12.4 Å². The van der Waals surface area contributed by atoms with Crippen molar-refractivity contribution in [2.75, 3.05) is 0 Å². The fraction of sp³-hybridized carbons (Fsp3) is 0. The first kappa shape index (κ1) is 16.0. The fourth-order valence-electron chi connectivity index (χ4n) is 2.87. The van der Waals surface area contributed by atoms with Gasteiger partial charge in [0, 0.05) is 23.2 Å². The van der Waals surface area contributed by atoms with E-state index in [-0.39, 0.29) is 0 Å². The van der Waals surface area contributed by atoms with Crippen molar-refractivity contribution >= 4 is 34.6 Å². The third-order valence-electron chi connectivity index (χ3n) is 4.18. The van der Waals surface area contributed by atoms with Crippen molar-refractivity contribution in [1.82, 2.24) is 0 Å². The lowest BCUT2D eigenvalue weighted by Gasteiger charge is -2.05. The smallest absolute Gasteiger partial charge is 0.0709 e. The molecule has 2 nitrogen and oxygen atoms in total. The van der Waals surface area contributed by atoms with Crippen molar-refractivity contribution in [3.05, 3.63) is 108 Å². The molecule has 0 heterocycles. The van der Waals surface area contributed by atoms with Crippen LogP contribution in [0.25, 0.3) is 10.8 Å². The molecule has 0 fully saturated rings. The van der Waals surface area contributed by atoms with Crippen LogP contribution in [0.1, 0.15) is 11.1 Å². The zero-order valence-electron chi connectivity index (χ0n) is 14.3. The Hall–Kier alpha value is -3.52. The number of aliphatic imine (C=N–C) groups is 2. The molecule has 0 atom stereocenters. The van der Waals surface area contributed by atoms with Crippen molar-refractivity contribution in [2.24, 2.45) is 9.98 Å². The van der Waals surface area contributed by atoms with Crippen LogP contribution in [0.3, 0.4) is 0 Å². The topological polar surface area (TPSA) is 24.7 Å². The number of rotatable bonds is 4. The van der Waals surface area contributed by atoms with Gasteiger partial charge >= 0.3 is 0 Å². The highest BCUT2D eigenvalue weighted by Crippen LogP contribution is 2.32. The van der Waals surface area contributed by atoms with E-state index in [4.69, 9.17) is 0 Å². The summed E-state index contributed by atoms with van der Waals surface area (Å²) in [4.78, 5) is 9.37. The molecule has 0 aliphatic heterocycles. The van der Waals surface area contributed by atoms with Crippen LogP contribution in [0.15, 0.2) is 107 Å². The Labute approximate surface area is 153 Å². The van der Waals surface area contributed by atoms with Crippen molar-refractivity contribution in [3.8, 4) is 0 Å². The molecular formula is C24H18N2. The Balaban J connectivity index is 1.71. The predicted molar refractivity (Wildman–Crippen MR) is 111 cm³/mol. The van der Waals surface area contributed by atoms with E-state index in [2.05, 4.69) is 22.1 Å². The first-order valence-corrected chi connectivity index (χ1v) is 8.60. The second-order valence-electron chi connectivity index (χ2n) is 5.99. The van der Waals surface area contributed by atoms with E-state index in [9.17, 15) is 0 Å². The van der Waals surface area contributed by atoms with E-state index in [1.54, 1.807) is 0 Å². The molecule has 0 saturated carbocycles. The highest BCUT2D eigenvalue weighted by molar-refractivity contribution is 6.02. The molecule has 0 saturated heterocycles. The molecule has 0 unspecified atom stereocenters. The van der Waals surface area contributed by atoms with Gasteiger partial charge in [0.1, 0.15) is 0 Å². The summed E-state index contributed by atoms with van der Waals surface area (Å²) in [5.74, 6) is 0. The van der Waals surface area contributed by atoms with Crippen LogP contribution >= 0.6 is 0 Å². The molecule has 4 aromatic carbocycles. The van der Waals surface area contributed by atoms with E-state index in [1.165, 1.54) is 0 Å². The van der Waals surface area contributed by atoms with Crippen LogP contribution in [0.5, 0.6) is 0 Å². The first-order valence-electron chi connectivity index (χ1n) is 8.60. The van der Waals surface area contributed by atoms with Crippen LogP contribution < -0.4 is 0 Å². The maximum atomic E-state index is 4.69. The minimum absolute atomic E-state index is 0.947. The number of hydrogen-bond donors (Lipinski definition) is 0. The third kappa shape index (κ3) is 3.60. The molecule has 0 aliphatic carbocycles. The van der Waals surface area contributed by atoms with Crippen molar-refractivity contribution in [1.29, 1.82) is 0 Å². The van der Waals surface area contributed by atoms with E-state index >= 15 is 0 Å². The SMILES string of the molecule is C(=Nc1cccc2c(N=Cc3ccccc3)cccc12)c1ccccc1. The highest BCUT2D eigenvalue weighted by Gasteiger charge is 2.03. The zero-order valence-corrected chi connectivity index (χ0v) is 14.3. The van der Waals surface area contributed by atoms with Crippen LogP contribution in [0.4, 0.5) is 11.4 Å². The molecule has 0 radical (unpaired) electrons. The average Bonchev–Trinajstić information content (AvgIpc) is 2.72. The van der Waals surface area contributed by atoms with Gasteiger partial charge in [-0.3, -0.25) is 9.98 Å². The van der Waals surface area contributed by atoms with Gasteiger partial charge in [-0.2, -0.15) is 0 Å². The maximum Gasteiger partial charge on any atom is 0.0709 e. The summed E-state index contributed by atoms with van der Waals surface area (Å²) in [6.45, 7) is 0. The van der Waals surface area contributed by atoms with Gasteiger partial charge in [-0.25, -0.2) is 0 Å². The average molecular weight is 334 g/mol. The summed E-state index contributed by atoms with van der Waals surface area (Å²) in [6, 6.07) is 32.6. The number of hydrogen-bond acceptors (Lipinski definition) is 2. The van der Waals surface area contributed by atoms with Crippen LogP contribution in [0.2, 0.25) is 0 Å². The zero-order chi connectivity index (χ0) is 17.6. The van der Waals surface area contributed by atoms with Crippen LogP contribution in [-0.2, 0) is 0 Å². The second-order valence-corrected chi connectivity index (χ2v) is 5.99. The lowest BCUT2D eigenvalue weighted by atomic mass is 10.1. The lowest BCUT2D eigenvalue weighted by molar-refractivity contribution is 1.53. The molecule has 0 bridgehead atoms. The molecule has 0 N–H and O–H groups in total. The normalized spacial score (nSPS) is 11.5. The van der Waals surface area contributed by atoms with Gasteiger partial charge in [0.25, 0.3) is 0 Å². The molecule has 0 aromatic heterocycles. The maximum absolute atomic E-state index is 4.69. The standard InChI is InChI=1S/C24H18N2/c1-3-9-19(10-4-1)17-25-23-15-7-14-22-21(23)13-8-16-24(22)26-18-20-11-5-2-6-12-20/h1-18H. The number of fused-ring (bicyclic) bond motifs is 1. The van der Waals surface area contributed by atoms with Crippen molar-refractivity contribution < 1.29 is 0 Å². The summed E-state index contributed by atoms with van der Waals surface area (Å²) in [5, 5.41) is 2.20. The number of nitrogens with zero attached hydrogens (tertiary/aromatic N) is 2. The molecule has 0 amide bonds. The monoisotopic (exact) mass is 334 g/mol. The Morgan fingerprint density at radius 1 is 0.423 bits per heavy atom. The van der Waals surface area contributed by atoms with Crippen molar-refractivity contribution in [3.63, 3.8) is 0 Å². The predicted octanol–water partition coefficient (Wildman–Crippen LogP) is 6.34. The highest BCUT2D eigenvalue weighted by atomic mass is 14.7. The molecule has 4 rings (SSSR count). The largest absolute Gasteiger partial charge is 0.256 e. The summed E-state index contributed by atoms with van der Waals surface area (Å²) >= 11 is 0. The molecule has 26 heavy (non-hydrogen) atoms. The van der Waals surface area contributed by atoms with Gasteiger partial charge in [0.2, 0.25) is 0 Å². The molecule has 124 valence electrons. The van der Waals surface area contributed by atoms with Gasteiger partial charge in [-0.05, 0) is 23.3 Å². The minimum atomic E-state index is 0.947. The van der Waals surface area contributed by atoms with Gasteiger partial charge in [-0.1, -0.05) is 84.9 Å². The Morgan fingerprint density at radius 3 is 1.27 bits per heavy atom. The van der Waals surface area contributed by atoms with Crippen LogP contribution in [0, 0.1) is 0 Å². The summed E-state index contributed by atoms with van der Waals surface area (Å²) in [5.41, 5.74) is 4.07. The summed E-state index contributed by atoms with van der Waals surface area (Å²) < 4.78 is 0. The second kappa shape index (κ2) is 7.58. The Kier molecular flexibility index (Phi) is 4.66. The minimum Gasteiger partial charge on any atom is -0.256 e. The Bertz CT molecular complexity index is 976. The van der Waals surface area contributed by atoms with E-state index in [1.807, 2.05) is 97.4 Å². The molecule has 2 heteroatoms. The quantitative estimate of drug-likeness (QED) is 0.389. The third-order valence-corrected chi connectivity index (χ3v) is 4.18. The van der Waals surface area contributed by atoms with Gasteiger partial charge < -0.3 is 0 Å². The molecular weight excluding hydrogens is 316 g/mol. The van der Waals surface area contributed by atoms with Gasteiger partial charge in [-0.15, -0.1) is 0 Å².